The molecule has 1 unspecified atom stereocenters. The lowest BCUT2D eigenvalue weighted by Gasteiger charge is -2.34. The second kappa shape index (κ2) is 7.76. The number of amides is 1. The molecule has 1 saturated heterocycles. The van der Waals surface area contributed by atoms with Gasteiger partial charge in [0, 0.05) is 19.3 Å². The van der Waals surface area contributed by atoms with E-state index < -0.39 is 5.60 Å². The van der Waals surface area contributed by atoms with Gasteiger partial charge in [0.25, 0.3) is 0 Å². The number of thioether (sulfide) groups is 1. The van der Waals surface area contributed by atoms with Crippen molar-refractivity contribution in [1.82, 2.24) is 19.3 Å². The lowest BCUT2D eigenvalue weighted by Crippen LogP contribution is -2.43. The molecule has 2 aromatic heterocycles. The standard InChI is InChI=1S/C18H25BrN4O2S/c1-18(2,3)25-17(24)22-7-5-6-12(10-22)8-13-11-23-14(19)9-20-15(23)16(21-13)26-4/h9,11-12H,5-8,10H2,1-4H3. The summed E-state index contributed by atoms with van der Waals surface area (Å²) in [6.45, 7) is 7.19. The highest BCUT2D eigenvalue weighted by molar-refractivity contribution is 9.10. The SMILES string of the molecule is CSc1nc(CC2CCCN(C(=O)OC(C)(C)C)C2)cn2c(Br)cnc12. The summed E-state index contributed by atoms with van der Waals surface area (Å²) >= 11 is 5.14. The molecule has 0 saturated carbocycles. The van der Waals surface area contributed by atoms with Crippen molar-refractivity contribution in [1.29, 1.82) is 0 Å². The predicted molar refractivity (Wildman–Crippen MR) is 107 cm³/mol. The van der Waals surface area contributed by atoms with Gasteiger partial charge in [0.15, 0.2) is 5.65 Å². The summed E-state index contributed by atoms with van der Waals surface area (Å²) in [6, 6.07) is 0. The first-order chi connectivity index (χ1) is 12.3. The molecule has 8 heteroatoms. The van der Waals surface area contributed by atoms with Gasteiger partial charge in [-0.25, -0.2) is 14.8 Å². The highest BCUT2D eigenvalue weighted by atomic mass is 79.9. The fourth-order valence-corrected chi connectivity index (χ4v) is 4.15. The van der Waals surface area contributed by atoms with E-state index in [4.69, 9.17) is 9.72 Å². The number of likely N-dealkylation sites (tertiary alicyclic amines) is 1. The Morgan fingerprint density at radius 3 is 2.92 bits per heavy atom. The van der Waals surface area contributed by atoms with Gasteiger partial charge in [0.05, 0.1) is 11.9 Å². The fourth-order valence-electron chi connectivity index (χ4n) is 3.23. The number of fused-ring (bicyclic) bond motifs is 1. The Morgan fingerprint density at radius 1 is 1.46 bits per heavy atom. The third-order valence-corrected chi connectivity index (χ3v) is 5.58. The molecule has 1 amide bonds. The van der Waals surface area contributed by atoms with Crippen molar-refractivity contribution in [3.8, 4) is 0 Å². The molecule has 0 aromatic carbocycles. The second-order valence-electron chi connectivity index (χ2n) is 7.65. The molecule has 1 aliphatic heterocycles. The average molecular weight is 441 g/mol. The first-order valence-corrected chi connectivity index (χ1v) is 10.8. The van der Waals surface area contributed by atoms with Crippen molar-refractivity contribution in [3.05, 3.63) is 22.7 Å². The van der Waals surface area contributed by atoms with E-state index in [9.17, 15) is 4.79 Å². The van der Waals surface area contributed by atoms with E-state index in [1.165, 1.54) is 0 Å². The molecule has 0 radical (unpaired) electrons. The van der Waals surface area contributed by atoms with Crippen LogP contribution in [0.2, 0.25) is 0 Å². The molecule has 142 valence electrons. The van der Waals surface area contributed by atoms with Crippen LogP contribution in [-0.2, 0) is 11.2 Å². The number of nitrogens with zero attached hydrogens (tertiary/aromatic N) is 4. The van der Waals surface area contributed by atoms with Crippen LogP contribution in [0.3, 0.4) is 0 Å². The van der Waals surface area contributed by atoms with E-state index in [1.807, 2.05) is 42.5 Å². The van der Waals surface area contributed by atoms with Crippen LogP contribution in [-0.4, -0.2) is 50.3 Å². The van der Waals surface area contributed by atoms with Gasteiger partial charge >= 0.3 is 6.09 Å². The second-order valence-corrected chi connectivity index (χ2v) is 9.26. The average Bonchev–Trinajstić information content (AvgIpc) is 2.94. The fraction of sp³-hybridized carbons (Fsp3) is 0.611. The van der Waals surface area contributed by atoms with Crippen LogP contribution in [0.4, 0.5) is 4.79 Å². The topological polar surface area (TPSA) is 59.7 Å². The number of halogens is 1. The molecule has 1 atom stereocenters. The van der Waals surface area contributed by atoms with Gasteiger partial charge in [-0.05, 0) is 68.1 Å². The van der Waals surface area contributed by atoms with Gasteiger partial charge < -0.3 is 9.64 Å². The van der Waals surface area contributed by atoms with Crippen LogP contribution < -0.4 is 0 Å². The monoisotopic (exact) mass is 440 g/mol. The van der Waals surface area contributed by atoms with E-state index in [1.54, 1.807) is 18.0 Å². The zero-order chi connectivity index (χ0) is 18.9. The Bertz CT molecular complexity index is 802. The molecule has 1 aliphatic rings. The minimum atomic E-state index is -0.461. The van der Waals surface area contributed by atoms with E-state index in [2.05, 4.69) is 20.9 Å². The number of aromatic nitrogens is 3. The van der Waals surface area contributed by atoms with Crippen molar-refractivity contribution in [2.75, 3.05) is 19.3 Å². The third kappa shape index (κ3) is 4.52. The van der Waals surface area contributed by atoms with Crippen molar-refractivity contribution in [3.63, 3.8) is 0 Å². The molecular weight excluding hydrogens is 416 g/mol. The number of carbonyl (C=O) groups is 1. The molecule has 0 N–H and O–H groups in total. The number of hydrogen-bond acceptors (Lipinski definition) is 5. The van der Waals surface area contributed by atoms with Crippen LogP contribution in [0, 0.1) is 5.92 Å². The van der Waals surface area contributed by atoms with Gasteiger partial charge in [-0.3, -0.25) is 4.40 Å². The highest BCUT2D eigenvalue weighted by Gasteiger charge is 2.28. The lowest BCUT2D eigenvalue weighted by atomic mass is 9.94. The Labute approximate surface area is 166 Å². The molecule has 3 rings (SSSR count). The molecule has 3 heterocycles. The summed E-state index contributed by atoms with van der Waals surface area (Å²) in [4.78, 5) is 23.4. The van der Waals surface area contributed by atoms with Crippen molar-refractivity contribution < 1.29 is 9.53 Å². The summed E-state index contributed by atoms with van der Waals surface area (Å²) in [7, 11) is 0. The Hall–Kier alpha value is -1.28. The minimum Gasteiger partial charge on any atom is -0.444 e. The van der Waals surface area contributed by atoms with Crippen LogP contribution >= 0.6 is 27.7 Å². The molecule has 1 fully saturated rings. The summed E-state index contributed by atoms with van der Waals surface area (Å²) in [5, 5.41) is 0.924. The van der Waals surface area contributed by atoms with Crippen LogP contribution in [0.1, 0.15) is 39.3 Å². The van der Waals surface area contributed by atoms with Gasteiger partial charge in [-0.2, -0.15) is 0 Å². The number of piperidine rings is 1. The van der Waals surface area contributed by atoms with Crippen LogP contribution in [0.15, 0.2) is 22.0 Å². The van der Waals surface area contributed by atoms with Crippen molar-refractivity contribution >= 4 is 39.4 Å². The highest BCUT2D eigenvalue weighted by Crippen LogP contribution is 2.26. The Balaban J connectivity index is 1.73. The van der Waals surface area contributed by atoms with Crippen LogP contribution in [0.5, 0.6) is 0 Å². The summed E-state index contributed by atoms with van der Waals surface area (Å²) in [5.41, 5.74) is 1.43. The quantitative estimate of drug-likeness (QED) is 0.661. The van der Waals surface area contributed by atoms with Gasteiger partial charge in [0.2, 0.25) is 0 Å². The molecular formula is C18H25BrN4O2S. The van der Waals surface area contributed by atoms with E-state index in [0.29, 0.717) is 12.5 Å². The largest absolute Gasteiger partial charge is 0.444 e. The summed E-state index contributed by atoms with van der Waals surface area (Å²) < 4.78 is 8.48. The molecule has 2 aromatic rings. The smallest absolute Gasteiger partial charge is 0.410 e. The number of carbonyl (C=O) groups excluding carboxylic acids is 1. The number of ether oxygens (including phenoxy) is 1. The lowest BCUT2D eigenvalue weighted by molar-refractivity contribution is 0.0165. The Morgan fingerprint density at radius 2 is 2.23 bits per heavy atom. The summed E-state index contributed by atoms with van der Waals surface area (Å²) in [5.74, 6) is 0.387. The summed E-state index contributed by atoms with van der Waals surface area (Å²) in [6.07, 6.45) is 8.57. The third-order valence-electron chi connectivity index (χ3n) is 4.33. The minimum absolute atomic E-state index is 0.215. The zero-order valence-corrected chi connectivity index (χ0v) is 18.1. The van der Waals surface area contributed by atoms with E-state index in [-0.39, 0.29) is 6.09 Å². The number of rotatable bonds is 3. The first-order valence-electron chi connectivity index (χ1n) is 8.81. The zero-order valence-electron chi connectivity index (χ0n) is 15.7. The van der Waals surface area contributed by atoms with E-state index >= 15 is 0 Å². The molecule has 0 bridgehead atoms. The molecule has 26 heavy (non-hydrogen) atoms. The Kier molecular flexibility index (Phi) is 5.81. The predicted octanol–water partition coefficient (Wildman–Crippen LogP) is 4.40. The van der Waals surface area contributed by atoms with Crippen molar-refractivity contribution in [2.45, 2.75) is 50.7 Å². The van der Waals surface area contributed by atoms with Gasteiger partial charge in [-0.15, -0.1) is 11.8 Å². The molecule has 0 aliphatic carbocycles. The number of hydrogen-bond donors (Lipinski definition) is 0. The maximum absolute atomic E-state index is 12.4. The van der Waals surface area contributed by atoms with Crippen molar-refractivity contribution in [2.24, 2.45) is 5.92 Å². The molecule has 6 nitrogen and oxygen atoms in total. The maximum Gasteiger partial charge on any atom is 0.410 e. The molecule has 0 spiro atoms. The van der Waals surface area contributed by atoms with E-state index in [0.717, 1.165) is 46.8 Å². The first kappa shape index (κ1) is 19.5. The van der Waals surface area contributed by atoms with Gasteiger partial charge in [-0.1, -0.05) is 0 Å². The normalized spacial score (nSPS) is 18.3. The van der Waals surface area contributed by atoms with Crippen LogP contribution in [0.25, 0.3) is 5.65 Å². The maximum atomic E-state index is 12.4. The number of imidazole rings is 1. The van der Waals surface area contributed by atoms with Gasteiger partial charge in [0.1, 0.15) is 15.2 Å².